The Kier molecular flexibility index (Phi) is 6.20. The average molecular weight is 337 g/mol. The van der Waals surface area contributed by atoms with Crippen LogP contribution in [0.5, 0.6) is 0 Å². The molecule has 0 bridgehead atoms. The molecule has 1 aliphatic heterocycles. The minimum Gasteiger partial charge on any atom is -0.355 e. The molecule has 0 spiro atoms. The highest BCUT2D eigenvalue weighted by Crippen LogP contribution is 2.16. The molecule has 0 saturated carbocycles. The summed E-state index contributed by atoms with van der Waals surface area (Å²) in [6.45, 7) is 3.40. The van der Waals surface area contributed by atoms with Crippen LogP contribution in [0.25, 0.3) is 0 Å². The molecule has 1 amide bonds. The lowest BCUT2D eigenvalue weighted by atomic mass is 9.95. The fourth-order valence-electron chi connectivity index (χ4n) is 3.30. The molecule has 132 valence electrons. The van der Waals surface area contributed by atoms with Crippen molar-refractivity contribution in [2.45, 2.75) is 32.0 Å². The van der Waals surface area contributed by atoms with Crippen LogP contribution in [-0.2, 0) is 24.3 Å². The molecular weight excluding hydrogens is 310 g/mol. The number of nitrogens with one attached hydrogen (secondary N) is 2. The molecule has 0 fully saturated rings. The third-order valence-electron chi connectivity index (χ3n) is 4.71. The summed E-state index contributed by atoms with van der Waals surface area (Å²) < 4.78 is 0. The van der Waals surface area contributed by atoms with Gasteiger partial charge in [-0.1, -0.05) is 54.6 Å². The van der Waals surface area contributed by atoms with Crippen molar-refractivity contribution in [2.24, 2.45) is 0 Å². The Morgan fingerprint density at radius 1 is 1.12 bits per heavy atom. The predicted octanol–water partition coefficient (Wildman–Crippen LogP) is 2.34. The summed E-state index contributed by atoms with van der Waals surface area (Å²) in [6, 6.07) is 18.7. The van der Waals surface area contributed by atoms with Gasteiger partial charge in [-0.05, 0) is 43.1 Å². The van der Waals surface area contributed by atoms with Crippen molar-refractivity contribution in [3.8, 4) is 0 Å². The van der Waals surface area contributed by atoms with E-state index in [1.165, 1.54) is 16.7 Å². The molecule has 2 aromatic carbocycles. The Balaban J connectivity index is 1.36. The third-order valence-corrected chi connectivity index (χ3v) is 4.71. The monoisotopic (exact) mass is 337 g/mol. The highest BCUT2D eigenvalue weighted by Gasteiger charge is 2.23. The van der Waals surface area contributed by atoms with Crippen LogP contribution in [0.2, 0.25) is 0 Å². The van der Waals surface area contributed by atoms with Crippen LogP contribution in [-0.4, -0.2) is 37.0 Å². The molecule has 4 heteroatoms. The van der Waals surface area contributed by atoms with Crippen LogP contribution in [0.3, 0.4) is 0 Å². The van der Waals surface area contributed by atoms with Crippen LogP contribution in [0.15, 0.2) is 54.6 Å². The summed E-state index contributed by atoms with van der Waals surface area (Å²) in [6.07, 6.45) is 1.73. The smallest absolute Gasteiger partial charge is 0.237 e. The number of hydrogen-bond donors (Lipinski definition) is 2. The zero-order chi connectivity index (χ0) is 17.5. The van der Waals surface area contributed by atoms with Gasteiger partial charge >= 0.3 is 0 Å². The van der Waals surface area contributed by atoms with E-state index >= 15 is 0 Å². The normalized spacial score (nSPS) is 16.5. The molecule has 1 atom stereocenters. The topological polar surface area (TPSA) is 44.4 Å². The van der Waals surface area contributed by atoms with Crippen LogP contribution in [0.4, 0.5) is 0 Å². The number of fused-ring (bicyclic) bond motifs is 1. The molecule has 3 rings (SSSR count). The lowest BCUT2D eigenvalue weighted by molar-refractivity contribution is -0.123. The maximum Gasteiger partial charge on any atom is 0.237 e. The number of benzene rings is 2. The zero-order valence-electron chi connectivity index (χ0n) is 14.9. The Bertz CT molecular complexity index is 687. The highest BCUT2D eigenvalue weighted by molar-refractivity contribution is 5.82. The summed E-state index contributed by atoms with van der Waals surface area (Å²) in [5, 5.41) is 6.41. The van der Waals surface area contributed by atoms with E-state index < -0.39 is 0 Å². The molecular formula is C21H27N3O. The first-order valence-corrected chi connectivity index (χ1v) is 9.03. The second-order valence-corrected chi connectivity index (χ2v) is 6.77. The molecule has 0 radical (unpaired) electrons. The molecule has 0 unspecified atom stereocenters. The van der Waals surface area contributed by atoms with Crippen molar-refractivity contribution in [3.63, 3.8) is 0 Å². The van der Waals surface area contributed by atoms with E-state index in [1.807, 2.05) is 18.2 Å². The maximum atomic E-state index is 12.4. The van der Waals surface area contributed by atoms with Gasteiger partial charge in [-0.3, -0.25) is 4.79 Å². The molecule has 2 N–H and O–H groups in total. The van der Waals surface area contributed by atoms with E-state index in [9.17, 15) is 4.79 Å². The second-order valence-electron chi connectivity index (χ2n) is 6.77. The van der Waals surface area contributed by atoms with Crippen molar-refractivity contribution in [1.82, 2.24) is 15.5 Å². The zero-order valence-corrected chi connectivity index (χ0v) is 14.9. The fraction of sp³-hybridized carbons (Fsp3) is 0.381. The lowest BCUT2D eigenvalue weighted by Crippen LogP contribution is -2.48. The van der Waals surface area contributed by atoms with Gasteiger partial charge in [0.25, 0.3) is 0 Å². The van der Waals surface area contributed by atoms with E-state index in [-0.39, 0.29) is 11.9 Å². The van der Waals surface area contributed by atoms with E-state index in [0.29, 0.717) is 0 Å². The molecule has 25 heavy (non-hydrogen) atoms. The summed E-state index contributed by atoms with van der Waals surface area (Å²) in [5.41, 5.74) is 3.90. The van der Waals surface area contributed by atoms with Crippen molar-refractivity contribution in [3.05, 3.63) is 71.3 Å². The first-order chi connectivity index (χ1) is 12.2. The number of carbonyl (C=O) groups excluding carboxylic acids is 1. The maximum absolute atomic E-state index is 12.4. The summed E-state index contributed by atoms with van der Waals surface area (Å²) in [4.78, 5) is 14.6. The van der Waals surface area contributed by atoms with Gasteiger partial charge in [0.1, 0.15) is 0 Å². The largest absolute Gasteiger partial charge is 0.355 e. The molecule has 0 aliphatic carbocycles. The van der Waals surface area contributed by atoms with Gasteiger partial charge in [-0.15, -0.1) is 0 Å². The van der Waals surface area contributed by atoms with Crippen molar-refractivity contribution >= 4 is 5.91 Å². The standard InChI is InChI=1S/C21H27N3O/c1-24(16-17-8-3-2-4-9-17)13-7-12-22-21(25)20-14-18-10-5-6-11-19(18)15-23-20/h2-6,8-11,20,23H,7,12-16H2,1H3,(H,22,25)/t20-/m0/s1. The molecule has 2 aromatic rings. The Morgan fingerprint density at radius 3 is 2.64 bits per heavy atom. The Hall–Kier alpha value is -2.17. The van der Waals surface area contributed by atoms with Gasteiger partial charge in [-0.25, -0.2) is 0 Å². The lowest BCUT2D eigenvalue weighted by Gasteiger charge is -2.25. The van der Waals surface area contributed by atoms with E-state index in [4.69, 9.17) is 0 Å². The minimum absolute atomic E-state index is 0.111. The Labute approximate surface area is 150 Å². The number of rotatable bonds is 7. The SMILES string of the molecule is CN(CCCNC(=O)[C@@H]1Cc2ccccc2CN1)Cc1ccccc1. The number of amides is 1. The van der Waals surface area contributed by atoms with Gasteiger partial charge in [-0.2, -0.15) is 0 Å². The predicted molar refractivity (Wildman–Crippen MR) is 101 cm³/mol. The minimum atomic E-state index is -0.114. The molecule has 0 aromatic heterocycles. The van der Waals surface area contributed by atoms with E-state index in [2.05, 4.69) is 59.0 Å². The van der Waals surface area contributed by atoms with E-state index in [0.717, 1.165) is 39.0 Å². The summed E-state index contributed by atoms with van der Waals surface area (Å²) in [5.74, 6) is 0.111. The van der Waals surface area contributed by atoms with Gasteiger partial charge in [0.2, 0.25) is 5.91 Å². The molecule has 1 heterocycles. The number of hydrogen-bond acceptors (Lipinski definition) is 3. The van der Waals surface area contributed by atoms with Crippen LogP contribution >= 0.6 is 0 Å². The van der Waals surface area contributed by atoms with Crippen molar-refractivity contribution < 1.29 is 4.79 Å². The first-order valence-electron chi connectivity index (χ1n) is 9.03. The number of nitrogens with zero attached hydrogens (tertiary/aromatic N) is 1. The summed E-state index contributed by atoms with van der Waals surface area (Å²) in [7, 11) is 2.12. The van der Waals surface area contributed by atoms with Gasteiger partial charge in [0, 0.05) is 19.6 Å². The van der Waals surface area contributed by atoms with Crippen LogP contribution in [0, 0.1) is 0 Å². The highest BCUT2D eigenvalue weighted by atomic mass is 16.2. The molecule has 0 saturated heterocycles. The fourth-order valence-corrected chi connectivity index (χ4v) is 3.30. The second kappa shape index (κ2) is 8.79. The van der Waals surface area contributed by atoms with Gasteiger partial charge < -0.3 is 15.5 Å². The van der Waals surface area contributed by atoms with Gasteiger partial charge in [0.15, 0.2) is 0 Å². The Morgan fingerprint density at radius 2 is 1.84 bits per heavy atom. The van der Waals surface area contributed by atoms with Crippen LogP contribution in [0.1, 0.15) is 23.1 Å². The van der Waals surface area contributed by atoms with Crippen molar-refractivity contribution in [1.29, 1.82) is 0 Å². The number of carbonyl (C=O) groups is 1. The van der Waals surface area contributed by atoms with Crippen LogP contribution < -0.4 is 10.6 Å². The molecule has 4 nitrogen and oxygen atoms in total. The van der Waals surface area contributed by atoms with E-state index in [1.54, 1.807) is 0 Å². The van der Waals surface area contributed by atoms with Crippen molar-refractivity contribution in [2.75, 3.05) is 20.1 Å². The first kappa shape index (κ1) is 17.6. The third kappa shape index (κ3) is 5.15. The quantitative estimate of drug-likeness (QED) is 0.762. The summed E-state index contributed by atoms with van der Waals surface area (Å²) >= 11 is 0. The van der Waals surface area contributed by atoms with Gasteiger partial charge in [0.05, 0.1) is 6.04 Å². The molecule has 1 aliphatic rings. The average Bonchev–Trinajstić information content (AvgIpc) is 2.65.